The van der Waals surface area contributed by atoms with E-state index in [1.165, 1.54) is 5.56 Å². The van der Waals surface area contributed by atoms with Crippen LogP contribution in [0.25, 0.3) is 0 Å². The zero-order chi connectivity index (χ0) is 12.1. The number of rotatable bonds is 1. The van der Waals surface area contributed by atoms with Gasteiger partial charge in [0.15, 0.2) is 0 Å². The van der Waals surface area contributed by atoms with Crippen molar-refractivity contribution in [3.8, 4) is 11.8 Å². The molecule has 17 heavy (non-hydrogen) atoms. The van der Waals surface area contributed by atoms with Gasteiger partial charge >= 0.3 is 0 Å². The monoisotopic (exact) mass is 220 g/mol. The molecule has 1 nitrogen and oxygen atoms in total. The Labute approximate surface area is 101 Å². The smallest absolute Gasteiger partial charge is 0.150 e. The van der Waals surface area contributed by atoms with E-state index in [1.54, 1.807) is 12.1 Å². The quantitative estimate of drug-likeness (QED) is 0.532. The van der Waals surface area contributed by atoms with Gasteiger partial charge in [0.1, 0.15) is 6.29 Å². The number of aldehydes is 1. The third-order valence-electron chi connectivity index (χ3n) is 2.43. The zero-order valence-electron chi connectivity index (χ0n) is 9.60. The Balaban J connectivity index is 2.26. The highest BCUT2D eigenvalue weighted by atomic mass is 16.1. The van der Waals surface area contributed by atoms with Crippen molar-refractivity contribution in [1.29, 1.82) is 0 Å². The highest BCUT2D eigenvalue weighted by Gasteiger charge is 1.91. The molecule has 0 aliphatic carbocycles. The predicted octanol–water partition coefficient (Wildman–Crippen LogP) is 3.21. The lowest BCUT2D eigenvalue weighted by molar-refractivity contribution is 0.112. The van der Waals surface area contributed by atoms with Crippen molar-refractivity contribution in [3.05, 3.63) is 70.8 Å². The molecule has 0 fully saturated rings. The van der Waals surface area contributed by atoms with E-state index >= 15 is 0 Å². The summed E-state index contributed by atoms with van der Waals surface area (Å²) in [6.07, 6.45) is 0.830. The van der Waals surface area contributed by atoms with Crippen molar-refractivity contribution >= 4 is 6.29 Å². The Hall–Kier alpha value is -2.33. The van der Waals surface area contributed by atoms with Gasteiger partial charge < -0.3 is 0 Å². The van der Waals surface area contributed by atoms with Crippen LogP contribution in [0.2, 0.25) is 0 Å². The van der Waals surface area contributed by atoms with Crippen LogP contribution in [0.4, 0.5) is 0 Å². The summed E-state index contributed by atoms with van der Waals surface area (Å²) < 4.78 is 0. The molecule has 0 spiro atoms. The molecule has 2 aromatic carbocycles. The van der Waals surface area contributed by atoms with Gasteiger partial charge in [-0.3, -0.25) is 4.79 Å². The summed E-state index contributed by atoms with van der Waals surface area (Å²) in [6, 6.07) is 15.3. The molecule has 1 heteroatoms. The molecule has 0 aliphatic rings. The first kappa shape index (κ1) is 11.2. The number of hydrogen-bond donors (Lipinski definition) is 0. The average Bonchev–Trinajstić information content (AvgIpc) is 2.38. The predicted molar refractivity (Wildman–Crippen MR) is 69.0 cm³/mol. The maximum Gasteiger partial charge on any atom is 0.150 e. The first-order valence-electron chi connectivity index (χ1n) is 5.42. The van der Waals surface area contributed by atoms with E-state index in [4.69, 9.17) is 0 Å². The van der Waals surface area contributed by atoms with Crippen molar-refractivity contribution in [3.63, 3.8) is 0 Å². The third-order valence-corrected chi connectivity index (χ3v) is 2.43. The van der Waals surface area contributed by atoms with Crippen molar-refractivity contribution in [2.45, 2.75) is 6.92 Å². The summed E-state index contributed by atoms with van der Waals surface area (Å²) in [5.74, 6) is 6.12. The highest BCUT2D eigenvalue weighted by Crippen LogP contribution is 2.04. The van der Waals surface area contributed by atoms with Crippen LogP contribution in [-0.4, -0.2) is 6.29 Å². The van der Waals surface area contributed by atoms with Gasteiger partial charge in [0.05, 0.1) is 0 Å². The number of aryl methyl sites for hydroxylation is 1. The summed E-state index contributed by atoms with van der Waals surface area (Å²) in [4.78, 5) is 10.6. The van der Waals surface area contributed by atoms with E-state index in [2.05, 4.69) is 11.8 Å². The zero-order valence-corrected chi connectivity index (χ0v) is 9.60. The number of carbonyl (C=O) groups is 1. The molecule has 0 unspecified atom stereocenters. The van der Waals surface area contributed by atoms with Crippen LogP contribution < -0.4 is 0 Å². The Morgan fingerprint density at radius 2 is 1.65 bits per heavy atom. The van der Waals surface area contributed by atoms with Gasteiger partial charge in [-0.1, -0.05) is 41.7 Å². The van der Waals surface area contributed by atoms with Crippen LogP contribution in [0.5, 0.6) is 0 Å². The van der Waals surface area contributed by atoms with E-state index in [0.29, 0.717) is 5.56 Å². The first-order valence-corrected chi connectivity index (χ1v) is 5.42. The van der Waals surface area contributed by atoms with Crippen molar-refractivity contribution < 1.29 is 4.79 Å². The fourth-order valence-electron chi connectivity index (χ4n) is 1.47. The lowest BCUT2D eigenvalue weighted by Crippen LogP contribution is -1.81. The number of benzene rings is 2. The summed E-state index contributed by atoms with van der Waals surface area (Å²) in [6.45, 7) is 2.05. The second kappa shape index (κ2) is 5.14. The van der Waals surface area contributed by atoms with Crippen LogP contribution in [0, 0.1) is 18.8 Å². The number of carbonyl (C=O) groups excluding carboxylic acids is 1. The fourth-order valence-corrected chi connectivity index (χ4v) is 1.47. The van der Waals surface area contributed by atoms with E-state index < -0.39 is 0 Å². The van der Waals surface area contributed by atoms with Crippen molar-refractivity contribution in [2.24, 2.45) is 0 Å². The van der Waals surface area contributed by atoms with Crippen LogP contribution in [0.3, 0.4) is 0 Å². The molecule has 0 heterocycles. The Morgan fingerprint density at radius 3 is 2.35 bits per heavy atom. The first-order chi connectivity index (χ1) is 8.28. The molecule has 0 saturated heterocycles. The molecule has 0 radical (unpaired) electrons. The fraction of sp³-hybridized carbons (Fsp3) is 0.0625. The second-order valence-corrected chi connectivity index (χ2v) is 3.86. The molecule has 0 atom stereocenters. The largest absolute Gasteiger partial charge is 0.298 e. The minimum atomic E-state index is 0.653. The number of hydrogen-bond acceptors (Lipinski definition) is 1. The SMILES string of the molecule is Cc1ccc(C#Cc2cccc(C=O)c2)cc1. The summed E-state index contributed by atoms with van der Waals surface area (Å²) >= 11 is 0. The standard InChI is InChI=1S/C16H12O/c1-13-5-7-14(8-6-13)9-10-15-3-2-4-16(11-15)12-17/h2-8,11-12H,1H3. The Morgan fingerprint density at radius 1 is 0.941 bits per heavy atom. The molecule has 0 aromatic heterocycles. The lowest BCUT2D eigenvalue weighted by Gasteiger charge is -1.93. The Kier molecular flexibility index (Phi) is 3.37. The van der Waals surface area contributed by atoms with Gasteiger partial charge in [-0.2, -0.15) is 0 Å². The molecule has 2 rings (SSSR count). The molecular formula is C16H12O. The van der Waals surface area contributed by atoms with Crippen molar-refractivity contribution in [1.82, 2.24) is 0 Å². The van der Waals surface area contributed by atoms with E-state index in [-0.39, 0.29) is 0 Å². The molecule has 0 aliphatic heterocycles. The van der Waals surface area contributed by atoms with Gasteiger partial charge in [-0.15, -0.1) is 0 Å². The molecule has 82 valence electrons. The Bertz CT molecular complexity index is 583. The summed E-state index contributed by atoms with van der Waals surface area (Å²) in [5.41, 5.74) is 3.71. The third kappa shape index (κ3) is 3.06. The minimum absolute atomic E-state index is 0.653. The van der Waals surface area contributed by atoms with Crippen LogP contribution in [-0.2, 0) is 0 Å². The molecule has 0 N–H and O–H groups in total. The normalized spacial score (nSPS) is 9.24. The lowest BCUT2D eigenvalue weighted by atomic mass is 10.1. The van der Waals surface area contributed by atoms with Gasteiger partial charge in [-0.25, -0.2) is 0 Å². The summed E-state index contributed by atoms with van der Waals surface area (Å²) in [5, 5.41) is 0. The maximum atomic E-state index is 10.6. The van der Waals surface area contributed by atoms with Gasteiger partial charge in [0, 0.05) is 16.7 Å². The topological polar surface area (TPSA) is 17.1 Å². The van der Waals surface area contributed by atoms with Crippen LogP contribution >= 0.6 is 0 Å². The molecule has 2 aromatic rings. The molecule has 0 amide bonds. The molecular weight excluding hydrogens is 208 g/mol. The van der Waals surface area contributed by atoms with E-state index in [0.717, 1.165) is 17.4 Å². The maximum absolute atomic E-state index is 10.6. The average molecular weight is 220 g/mol. The van der Waals surface area contributed by atoms with Crippen LogP contribution in [0.1, 0.15) is 27.0 Å². The summed E-state index contributed by atoms with van der Waals surface area (Å²) in [7, 11) is 0. The second-order valence-electron chi connectivity index (χ2n) is 3.86. The van der Waals surface area contributed by atoms with Crippen molar-refractivity contribution in [2.75, 3.05) is 0 Å². The van der Waals surface area contributed by atoms with Gasteiger partial charge in [0.2, 0.25) is 0 Å². The van der Waals surface area contributed by atoms with Gasteiger partial charge in [0.25, 0.3) is 0 Å². The van der Waals surface area contributed by atoms with E-state index in [1.807, 2.05) is 43.3 Å². The van der Waals surface area contributed by atoms with Crippen LogP contribution in [0.15, 0.2) is 48.5 Å². The van der Waals surface area contributed by atoms with E-state index in [9.17, 15) is 4.79 Å². The minimum Gasteiger partial charge on any atom is -0.298 e. The highest BCUT2D eigenvalue weighted by molar-refractivity contribution is 5.75. The molecule has 0 bridgehead atoms. The molecule has 0 saturated carbocycles. The van der Waals surface area contributed by atoms with Gasteiger partial charge in [-0.05, 0) is 31.2 Å².